The van der Waals surface area contributed by atoms with Crippen molar-refractivity contribution < 1.29 is 4.79 Å². The summed E-state index contributed by atoms with van der Waals surface area (Å²) in [4.78, 5) is 21.8. The lowest BCUT2D eigenvalue weighted by molar-refractivity contribution is 0.143. The Morgan fingerprint density at radius 2 is 1.95 bits per heavy atom. The molecule has 1 saturated heterocycles. The first-order valence-electron chi connectivity index (χ1n) is 7.02. The quantitative estimate of drug-likeness (QED) is 0.947. The van der Waals surface area contributed by atoms with E-state index < -0.39 is 0 Å². The van der Waals surface area contributed by atoms with E-state index in [-0.39, 0.29) is 6.03 Å². The van der Waals surface area contributed by atoms with Gasteiger partial charge in [-0.25, -0.2) is 4.79 Å². The highest BCUT2D eigenvalue weighted by Gasteiger charge is 2.21. The smallest absolute Gasteiger partial charge is 0.321 e. The topological polar surface area (TPSA) is 48.5 Å². The Labute approximate surface area is 128 Å². The van der Waals surface area contributed by atoms with Crippen molar-refractivity contribution in [3.05, 3.63) is 46.9 Å². The van der Waals surface area contributed by atoms with Gasteiger partial charge in [-0.2, -0.15) is 0 Å². The van der Waals surface area contributed by atoms with E-state index in [0.29, 0.717) is 0 Å². The number of amides is 2. The summed E-state index contributed by atoms with van der Waals surface area (Å²) in [5, 5.41) is 2.93. The lowest BCUT2D eigenvalue weighted by Crippen LogP contribution is -2.49. The highest BCUT2D eigenvalue weighted by atomic mass is 32.1. The van der Waals surface area contributed by atoms with Gasteiger partial charge in [0.15, 0.2) is 0 Å². The Balaban J connectivity index is 1.48. The summed E-state index contributed by atoms with van der Waals surface area (Å²) in [7, 11) is 0. The molecule has 0 radical (unpaired) electrons. The average Bonchev–Trinajstić information content (AvgIpc) is 3.02. The van der Waals surface area contributed by atoms with Crippen LogP contribution in [0.1, 0.15) is 4.88 Å². The van der Waals surface area contributed by atoms with E-state index >= 15 is 0 Å². The predicted octanol–water partition coefficient (Wildman–Crippen LogP) is 2.49. The number of benzene rings is 1. The van der Waals surface area contributed by atoms with Crippen LogP contribution in [0, 0.1) is 0 Å². The van der Waals surface area contributed by atoms with Gasteiger partial charge in [-0.15, -0.1) is 11.3 Å². The Morgan fingerprint density at radius 3 is 2.62 bits per heavy atom. The molecule has 0 spiro atoms. The third-order valence-corrected chi connectivity index (χ3v) is 4.31. The zero-order valence-corrected chi connectivity index (χ0v) is 12.6. The van der Waals surface area contributed by atoms with E-state index in [1.165, 1.54) is 4.88 Å². The largest absolute Gasteiger partial charge is 0.322 e. The number of aromatic nitrogens is 1. The molecule has 1 N–H and O–H groups in total. The number of urea groups is 1. The van der Waals surface area contributed by atoms with Crippen LogP contribution in [0.15, 0.2) is 42.0 Å². The number of nitrogens with zero attached hydrogens (tertiary/aromatic N) is 3. The molecule has 2 aromatic rings. The third kappa shape index (κ3) is 3.80. The standard InChI is InChI=1S/C15H18N4OS/c20-15(17-13-4-2-1-3-5-13)19-8-6-18(7-9-19)11-14-10-16-12-21-14/h1-5,10,12H,6-9,11H2,(H,17,20). The van der Waals surface area contributed by atoms with Gasteiger partial charge in [0.1, 0.15) is 0 Å². The number of carbonyl (C=O) groups excluding carboxylic acids is 1. The molecule has 2 heterocycles. The van der Waals surface area contributed by atoms with Crippen LogP contribution in [-0.2, 0) is 6.54 Å². The summed E-state index contributed by atoms with van der Waals surface area (Å²) in [6.07, 6.45) is 1.92. The maximum absolute atomic E-state index is 12.2. The second-order valence-electron chi connectivity index (χ2n) is 5.03. The van der Waals surface area contributed by atoms with Crippen molar-refractivity contribution in [1.82, 2.24) is 14.8 Å². The minimum atomic E-state index is -0.0151. The number of anilines is 1. The molecule has 1 aromatic heterocycles. The first kappa shape index (κ1) is 14.0. The van der Waals surface area contributed by atoms with Gasteiger partial charge in [-0.3, -0.25) is 9.88 Å². The summed E-state index contributed by atoms with van der Waals surface area (Å²) in [6, 6.07) is 9.56. The monoisotopic (exact) mass is 302 g/mol. The van der Waals surface area contributed by atoms with E-state index in [1.807, 2.05) is 46.9 Å². The second-order valence-corrected chi connectivity index (χ2v) is 6.00. The van der Waals surface area contributed by atoms with Crippen LogP contribution < -0.4 is 5.32 Å². The molecule has 1 aliphatic rings. The fourth-order valence-electron chi connectivity index (χ4n) is 2.37. The number of hydrogen-bond donors (Lipinski definition) is 1. The molecule has 2 amide bonds. The highest BCUT2D eigenvalue weighted by molar-refractivity contribution is 7.09. The van der Waals surface area contributed by atoms with E-state index in [2.05, 4.69) is 15.2 Å². The van der Waals surface area contributed by atoms with Crippen LogP contribution in [-0.4, -0.2) is 47.0 Å². The van der Waals surface area contributed by atoms with Crippen molar-refractivity contribution in [2.45, 2.75) is 6.54 Å². The lowest BCUT2D eigenvalue weighted by Gasteiger charge is -2.34. The fourth-order valence-corrected chi connectivity index (χ4v) is 3.01. The normalized spacial score (nSPS) is 15.9. The van der Waals surface area contributed by atoms with Crippen molar-refractivity contribution in [2.75, 3.05) is 31.5 Å². The fraction of sp³-hybridized carbons (Fsp3) is 0.333. The summed E-state index contributed by atoms with van der Waals surface area (Å²) in [5.74, 6) is 0. The average molecular weight is 302 g/mol. The van der Waals surface area contributed by atoms with Gasteiger partial charge in [0.05, 0.1) is 5.51 Å². The van der Waals surface area contributed by atoms with Crippen LogP contribution in [0.4, 0.5) is 10.5 Å². The molecule has 1 aromatic carbocycles. The van der Waals surface area contributed by atoms with E-state index in [4.69, 9.17) is 0 Å². The first-order chi connectivity index (χ1) is 10.3. The molecular weight excluding hydrogens is 284 g/mol. The van der Waals surface area contributed by atoms with Crippen molar-refractivity contribution in [3.63, 3.8) is 0 Å². The molecule has 0 aliphatic carbocycles. The first-order valence-corrected chi connectivity index (χ1v) is 7.90. The van der Waals surface area contributed by atoms with Crippen LogP contribution >= 0.6 is 11.3 Å². The van der Waals surface area contributed by atoms with Gasteiger partial charge < -0.3 is 10.2 Å². The van der Waals surface area contributed by atoms with Gasteiger partial charge in [0, 0.05) is 49.5 Å². The zero-order chi connectivity index (χ0) is 14.5. The second kappa shape index (κ2) is 6.69. The minimum absolute atomic E-state index is 0.0151. The number of piperazine rings is 1. The Morgan fingerprint density at radius 1 is 1.19 bits per heavy atom. The molecule has 3 rings (SSSR count). The Hall–Kier alpha value is -1.92. The number of thiazole rings is 1. The molecule has 6 heteroatoms. The van der Waals surface area contributed by atoms with Gasteiger partial charge in [0.2, 0.25) is 0 Å². The van der Waals surface area contributed by atoms with Crippen molar-refractivity contribution in [2.24, 2.45) is 0 Å². The highest BCUT2D eigenvalue weighted by Crippen LogP contribution is 2.13. The third-order valence-electron chi connectivity index (χ3n) is 3.55. The maximum Gasteiger partial charge on any atom is 0.321 e. The van der Waals surface area contributed by atoms with Crippen LogP contribution in [0.3, 0.4) is 0 Å². The predicted molar refractivity (Wildman–Crippen MR) is 84.4 cm³/mol. The molecule has 0 saturated carbocycles. The van der Waals surface area contributed by atoms with Crippen molar-refractivity contribution in [3.8, 4) is 0 Å². The molecule has 1 fully saturated rings. The Bertz CT molecular complexity index is 565. The summed E-state index contributed by atoms with van der Waals surface area (Å²) in [5.41, 5.74) is 2.70. The van der Waals surface area contributed by atoms with Crippen LogP contribution in [0.2, 0.25) is 0 Å². The number of hydrogen-bond acceptors (Lipinski definition) is 4. The Kier molecular flexibility index (Phi) is 4.47. The molecule has 0 unspecified atom stereocenters. The molecule has 0 bridgehead atoms. The van der Waals surface area contributed by atoms with Crippen LogP contribution in [0.25, 0.3) is 0 Å². The molecule has 1 aliphatic heterocycles. The number of para-hydroxylation sites is 1. The van der Waals surface area contributed by atoms with E-state index in [0.717, 1.165) is 38.4 Å². The number of nitrogens with one attached hydrogen (secondary N) is 1. The zero-order valence-electron chi connectivity index (χ0n) is 11.7. The SMILES string of the molecule is O=C(Nc1ccccc1)N1CCN(Cc2cncs2)CC1. The summed E-state index contributed by atoms with van der Waals surface area (Å²) < 4.78 is 0. The van der Waals surface area contributed by atoms with Gasteiger partial charge in [-0.1, -0.05) is 18.2 Å². The van der Waals surface area contributed by atoms with Crippen LogP contribution in [0.5, 0.6) is 0 Å². The summed E-state index contributed by atoms with van der Waals surface area (Å²) in [6.45, 7) is 4.26. The molecule has 21 heavy (non-hydrogen) atoms. The minimum Gasteiger partial charge on any atom is -0.322 e. The lowest BCUT2D eigenvalue weighted by atomic mass is 10.3. The van der Waals surface area contributed by atoms with Gasteiger partial charge in [-0.05, 0) is 12.1 Å². The molecule has 0 atom stereocenters. The van der Waals surface area contributed by atoms with E-state index in [9.17, 15) is 4.79 Å². The molecule has 5 nitrogen and oxygen atoms in total. The molecular formula is C15H18N4OS. The van der Waals surface area contributed by atoms with Gasteiger partial charge in [0.25, 0.3) is 0 Å². The maximum atomic E-state index is 12.2. The van der Waals surface area contributed by atoms with E-state index in [1.54, 1.807) is 11.3 Å². The number of carbonyl (C=O) groups is 1. The van der Waals surface area contributed by atoms with Crippen molar-refractivity contribution >= 4 is 23.1 Å². The van der Waals surface area contributed by atoms with Crippen molar-refractivity contribution in [1.29, 1.82) is 0 Å². The summed E-state index contributed by atoms with van der Waals surface area (Å²) >= 11 is 1.68. The molecule has 110 valence electrons. The van der Waals surface area contributed by atoms with Gasteiger partial charge >= 0.3 is 6.03 Å². The number of rotatable bonds is 3.